The van der Waals surface area contributed by atoms with Crippen LogP contribution in [0.15, 0.2) is 0 Å². The predicted molar refractivity (Wildman–Crippen MR) is 47.8 cm³/mol. The number of hydrogen-bond acceptors (Lipinski definition) is 5. The lowest BCUT2D eigenvalue weighted by atomic mass is 10.5. The molecule has 112 valence electrons. The van der Waals surface area contributed by atoms with E-state index in [1.165, 1.54) is 6.07 Å². The molecule has 0 heterocycles. The Morgan fingerprint density at radius 3 is 1.68 bits per heavy atom. The molecule has 0 spiro atoms. The minimum absolute atomic E-state index is 0.408. The molecular weight excluding hydrogens is 307 g/mol. The molecule has 5 nitrogen and oxygen atoms in total. The van der Waals surface area contributed by atoms with E-state index >= 15 is 0 Å². The smallest absolute Gasteiger partial charge is 0.286 e. The van der Waals surface area contributed by atoms with Crippen LogP contribution in [-0.4, -0.2) is 32.2 Å². The Morgan fingerprint density at radius 1 is 0.947 bits per heavy atom. The van der Waals surface area contributed by atoms with Crippen LogP contribution < -0.4 is 0 Å². The number of nitrogens with zero attached hydrogens (tertiary/aromatic N) is 1. The molecule has 0 radical (unpaired) electrons. The number of phosphoric acid groups is 1. The summed E-state index contributed by atoms with van der Waals surface area (Å²) < 4.78 is 93.9. The molecule has 0 aromatic heterocycles. The molecule has 0 saturated heterocycles. The molecule has 12 heteroatoms. The molecule has 19 heavy (non-hydrogen) atoms. The zero-order chi connectivity index (χ0) is 15.2. The normalized spacial score (nSPS) is 13.3. The lowest BCUT2D eigenvalue weighted by Crippen LogP contribution is -2.20. The molecule has 0 fully saturated rings. The van der Waals surface area contributed by atoms with Crippen LogP contribution in [0.5, 0.6) is 0 Å². The highest BCUT2D eigenvalue weighted by Gasteiger charge is 2.39. The van der Waals surface area contributed by atoms with Crippen LogP contribution in [-0.2, 0) is 18.1 Å². The summed E-state index contributed by atoms with van der Waals surface area (Å²) in [4.78, 5) is 0. The molecule has 0 bridgehead atoms. The second-order valence-corrected chi connectivity index (χ2v) is 4.63. The van der Waals surface area contributed by atoms with Crippen LogP contribution in [0.3, 0.4) is 0 Å². The van der Waals surface area contributed by atoms with Crippen LogP contribution in [0, 0.1) is 11.3 Å². The first-order valence-electron chi connectivity index (χ1n) is 4.51. The van der Waals surface area contributed by atoms with Gasteiger partial charge in [-0.05, 0) is 0 Å². The molecular formula is C7H8F6NO4P. The van der Waals surface area contributed by atoms with E-state index in [9.17, 15) is 30.9 Å². The Bertz CT molecular complexity index is 340. The third kappa shape index (κ3) is 10.8. The molecule has 0 atom stereocenters. The van der Waals surface area contributed by atoms with Crippen LogP contribution in [0.4, 0.5) is 26.3 Å². The van der Waals surface area contributed by atoms with Gasteiger partial charge < -0.3 is 0 Å². The number of halogens is 6. The van der Waals surface area contributed by atoms with Crippen LogP contribution in [0.25, 0.3) is 0 Å². The van der Waals surface area contributed by atoms with Gasteiger partial charge in [0.25, 0.3) is 0 Å². The van der Waals surface area contributed by atoms with E-state index in [0.717, 1.165) is 0 Å². The van der Waals surface area contributed by atoms with E-state index in [4.69, 9.17) is 5.26 Å². The molecule has 0 saturated carbocycles. The largest absolute Gasteiger partial charge is 0.475 e. The quantitative estimate of drug-likeness (QED) is 0.410. The van der Waals surface area contributed by atoms with Gasteiger partial charge in [0.2, 0.25) is 0 Å². The Labute approximate surface area is 103 Å². The highest BCUT2D eigenvalue weighted by atomic mass is 31.2. The standard InChI is InChI=1S/C7H8F6NO4P/c8-6(9,10)4-17-19(15,16-3-1-2-14)18-5-7(11,12)13/h1,3-5H2. The van der Waals surface area contributed by atoms with E-state index in [0.29, 0.717) is 0 Å². The summed E-state index contributed by atoms with van der Waals surface area (Å²) in [7, 11) is -5.03. The lowest BCUT2D eigenvalue weighted by Gasteiger charge is -2.19. The predicted octanol–water partition coefficient (Wildman–Crippen LogP) is 3.18. The number of nitriles is 1. The summed E-state index contributed by atoms with van der Waals surface area (Å²) in [5.74, 6) is 0. The average Bonchev–Trinajstić information content (AvgIpc) is 2.23. The second kappa shape index (κ2) is 7.09. The van der Waals surface area contributed by atoms with E-state index < -0.39 is 46.4 Å². The van der Waals surface area contributed by atoms with Crippen molar-refractivity contribution in [3.8, 4) is 6.07 Å². The van der Waals surface area contributed by atoms with Crippen molar-refractivity contribution in [3.05, 3.63) is 0 Å². The Balaban J connectivity index is 4.54. The number of rotatable bonds is 7. The number of hydrogen-bond donors (Lipinski definition) is 0. The SMILES string of the molecule is N#CCCOP(=O)(OCC(F)(F)F)OCC(F)(F)F. The molecule has 0 amide bonds. The molecule has 0 rings (SSSR count). The monoisotopic (exact) mass is 315 g/mol. The number of phosphoric ester groups is 1. The third-order valence-corrected chi connectivity index (χ3v) is 2.63. The molecule has 0 aliphatic heterocycles. The summed E-state index contributed by atoms with van der Waals surface area (Å²) in [5.41, 5.74) is 0. The summed E-state index contributed by atoms with van der Waals surface area (Å²) in [6.45, 7) is -4.90. The number of alkyl halides is 6. The van der Waals surface area contributed by atoms with Gasteiger partial charge in [-0.25, -0.2) is 4.57 Å². The summed E-state index contributed by atoms with van der Waals surface area (Å²) >= 11 is 0. The van der Waals surface area contributed by atoms with Gasteiger partial charge in [0.05, 0.1) is 19.1 Å². The summed E-state index contributed by atoms with van der Waals surface area (Å²) in [5, 5.41) is 8.12. The molecule has 0 unspecified atom stereocenters. The molecule has 0 aromatic rings. The van der Waals surface area contributed by atoms with Gasteiger partial charge in [-0.2, -0.15) is 31.6 Å². The summed E-state index contributed by atoms with van der Waals surface area (Å²) in [6.07, 6.45) is -10.2. The average molecular weight is 315 g/mol. The minimum Gasteiger partial charge on any atom is -0.286 e. The highest BCUT2D eigenvalue weighted by molar-refractivity contribution is 7.48. The zero-order valence-corrected chi connectivity index (χ0v) is 10.0. The summed E-state index contributed by atoms with van der Waals surface area (Å²) in [6, 6.07) is 1.48. The molecule has 0 aliphatic rings. The fraction of sp³-hybridized carbons (Fsp3) is 0.857. The van der Waals surface area contributed by atoms with Gasteiger partial charge in [0.1, 0.15) is 0 Å². The first kappa shape index (κ1) is 18.2. The van der Waals surface area contributed by atoms with Crippen LogP contribution >= 0.6 is 7.82 Å². The molecule has 0 aliphatic carbocycles. The first-order chi connectivity index (χ1) is 8.47. The van der Waals surface area contributed by atoms with Gasteiger partial charge >= 0.3 is 20.2 Å². The maximum absolute atomic E-state index is 11.8. The van der Waals surface area contributed by atoms with Crippen molar-refractivity contribution in [2.24, 2.45) is 0 Å². The fourth-order valence-electron chi connectivity index (χ4n) is 0.619. The molecule has 0 aromatic carbocycles. The second-order valence-electron chi connectivity index (χ2n) is 2.97. The fourth-order valence-corrected chi connectivity index (χ4v) is 1.77. The van der Waals surface area contributed by atoms with Gasteiger partial charge in [-0.15, -0.1) is 0 Å². The van der Waals surface area contributed by atoms with Crippen molar-refractivity contribution in [2.45, 2.75) is 18.8 Å². The highest BCUT2D eigenvalue weighted by Crippen LogP contribution is 2.51. The van der Waals surface area contributed by atoms with Crippen molar-refractivity contribution < 1.29 is 44.5 Å². The van der Waals surface area contributed by atoms with E-state index in [-0.39, 0.29) is 0 Å². The van der Waals surface area contributed by atoms with E-state index in [1.54, 1.807) is 0 Å². The topological polar surface area (TPSA) is 68.5 Å². The van der Waals surface area contributed by atoms with Crippen molar-refractivity contribution in [3.63, 3.8) is 0 Å². The van der Waals surface area contributed by atoms with Gasteiger partial charge in [0.15, 0.2) is 13.2 Å². The van der Waals surface area contributed by atoms with Gasteiger partial charge in [-0.1, -0.05) is 0 Å². The van der Waals surface area contributed by atoms with Gasteiger partial charge in [0, 0.05) is 0 Å². The van der Waals surface area contributed by atoms with Crippen molar-refractivity contribution >= 4 is 7.82 Å². The third-order valence-electron chi connectivity index (χ3n) is 1.24. The zero-order valence-electron chi connectivity index (χ0n) is 9.12. The Hall–Kier alpha value is -0.820. The first-order valence-corrected chi connectivity index (χ1v) is 5.98. The van der Waals surface area contributed by atoms with E-state index in [1.807, 2.05) is 0 Å². The van der Waals surface area contributed by atoms with Gasteiger partial charge in [-0.3, -0.25) is 13.6 Å². The maximum atomic E-state index is 11.8. The van der Waals surface area contributed by atoms with Crippen molar-refractivity contribution in [1.29, 1.82) is 5.26 Å². The maximum Gasteiger partial charge on any atom is 0.475 e. The van der Waals surface area contributed by atoms with Crippen molar-refractivity contribution in [2.75, 3.05) is 19.8 Å². The van der Waals surface area contributed by atoms with Crippen molar-refractivity contribution in [1.82, 2.24) is 0 Å². The Morgan fingerprint density at radius 2 is 1.37 bits per heavy atom. The minimum atomic E-state index is -5.03. The van der Waals surface area contributed by atoms with Crippen LogP contribution in [0.2, 0.25) is 0 Å². The van der Waals surface area contributed by atoms with Crippen LogP contribution in [0.1, 0.15) is 6.42 Å². The lowest BCUT2D eigenvalue weighted by molar-refractivity contribution is -0.170. The Kier molecular flexibility index (Phi) is 6.79. The van der Waals surface area contributed by atoms with E-state index in [2.05, 4.69) is 13.6 Å². The molecule has 0 N–H and O–H groups in total.